The zero-order valence-corrected chi connectivity index (χ0v) is 17.5. The number of aryl methyl sites for hydroxylation is 2. The lowest BCUT2D eigenvalue weighted by molar-refractivity contribution is -0.123. The molecule has 1 atom stereocenters. The summed E-state index contributed by atoms with van der Waals surface area (Å²) in [7, 11) is 1.60. The monoisotopic (exact) mass is 410 g/mol. The summed E-state index contributed by atoms with van der Waals surface area (Å²) in [5.74, 6) is -0.284. The van der Waals surface area contributed by atoms with Crippen molar-refractivity contribution in [2.75, 3.05) is 12.4 Å². The maximum absolute atomic E-state index is 12.4. The van der Waals surface area contributed by atoms with Gasteiger partial charge < -0.3 is 14.8 Å². The van der Waals surface area contributed by atoms with Crippen molar-refractivity contribution in [1.29, 1.82) is 0 Å². The van der Waals surface area contributed by atoms with E-state index in [2.05, 4.69) is 10.3 Å². The molecule has 7 heteroatoms. The van der Waals surface area contributed by atoms with Gasteiger partial charge >= 0.3 is 5.97 Å². The van der Waals surface area contributed by atoms with E-state index in [0.29, 0.717) is 10.7 Å². The number of nitrogens with one attached hydrogen (secondary N) is 1. The van der Waals surface area contributed by atoms with Crippen molar-refractivity contribution in [2.24, 2.45) is 0 Å². The van der Waals surface area contributed by atoms with Crippen LogP contribution in [0.4, 0.5) is 5.69 Å². The van der Waals surface area contributed by atoms with E-state index < -0.39 is 18.0 Å². The Morgan fingerprint density at radius 2 is 1.83 bits per heavy atom. The number of esters is 1. The third-order valence-corrected chi connectivity index (χ3v) is 5.23. The Labute approximate surface area is 173 Å². The van der Waals surface area contributed by atoms with Crippen LogP contribution < -0.4 is 10.1 Å². The molecule has 150 valence electrons. The molecule has 2 aromatic carbocycles. The number of carbonyl (C=O) groups is 2. The Kier molecular flexibility index (Phi) is 6.29. The molecule has 6 nitrogen and oxygen atoms in total. The lowest BCUT2D eigenvalue weighted by Crippen LogP contribution is -2.30. The maximum Gasteiger partial charge on any atom is 0.358 e. The smallest absolute Gasteiger partial charge is 0.358 e. The largest absolute Gasteiger partial charge is 0.497 e. The zero-order valence-electron chi connectivity index (χ0n) is 16.7. The molecule has 0 radical (unpaired) electrons. The number of anilines is 1. The van der Waals surface area contributed by atoms with Crippen LogP contribution in [0, 0.1) is 13.8 Å². The molecule has 0 spiro atoms. The van der Waals surface area contributed by atoms with E-state index in [0.717, 1.165) is 22.4 Å². The van der Waals surface area contributed by atoms with Crippen LogP contribution >= 0.6 is 11.3 Å². The number of benzene rings is 2. The Morgan fingerprint density at radius 3 is 2.48 bits per heavy atom. The van der Waals surface area contributed by atoms with Crippen LogP contribution in [0.2, 0.25) is 0 Å². The molecule has 0 saturated carbocycles. The second-order valence-electron chi connectivity index (χ2n) is 6.62. The van der Waals surface area contributed by atoms with Gasteiger partial charge in [0, 0.05) is 16.6 Å². The second kappa shape index (κ2) is 8.87. The van der Waals surface area contributed by atoms with Crippen molar-refractivity contribution >= 4 is 28.9 Å². The van der Waals surface area contributed by atoms with Gasteiger partial charge in [-0.05, 0) is 56.7 Å². The first kappa shape index (κ1) is 20.5. The summed E-state index contributed by atoms with van der Waals surface area (Å²) in [5.41, 5.74) is 3.79. The van der Waals surface area contributed by atoms with Gasteiger partial charge in [-0.2, -0.15) is 0 Å². The number of amides is 1. The average Bonchev–Trinajstić information content (AvgIpc) is 3.20. The first-order valence-electron chi connectivity index (χ1n) is 9.06. The van der Waals surface area contributed by atoms with E-state index in [1.807, 2.05) is 56.3 Å². The zero-order chi connectivity index (χ0) is 21.0. The van der Waals surface area contributed by atoms with Crippen molar-refractivity contribution < 1.29 is 19.1 Å². The molecule has 1 N–H and O–H groups in total. The van der Waals surface area contributed by atoms with Gasteiger partial charge in [0.25, 0.3) is 5.91 Å². The van der Waals surface area contributed by atoms with Gasteiger partial charge in [-0.25, -0.2) is 9.78 Å². The fraction of sp³-hybridized carbons (Fsp3) is 0.227. The standard InChI is InChI=1S/C22H22N2O4S/c1-13-5-10-18(14(2)11-13)23-20(25)15(3)28-22(26)19-12-29-21(24-19)16-6-8-17(27-4)9-7-16/h5-12,15H,1-4H3,(H,23,25). The third-order valence-electron chi connectivity index (χ3n) is 4.34. The van der Waals surface area contributed by atoms with Crippen molar-refractivity contribution in [3.63, 3.8) is 0 Å². The summed E-state index contributed by atoms with van der Waals surface area (Å²) in [6.45, 7) is 5.43. The van der Waals surface area contributed by atoms with E-state index in [1.165, 1.54) is 18.3 Å². The Morgan fingerprint density at radius 1 is 1.10 bits per heavy atom. The van der Waals surface area contributed by atoms with Crippen LogP contribution in [0.5, 0.6) is 5.75 Å². The Bertz CT molecular complexity index is 1030. The minimum atomic E-state index is -0.950. The van der Waals surface area contributed by atoms with E-state index in [1.54, 1.807) is 12.5 Å². The quantitative estimate of drug-likeness (QED) is 0.600. The van der Waals surface area contributed by atoms with Crippen molar-refractivity contribution in [2.45, 2.75) is 26.9 Å². The highest BCUT2D eigenvalue weighted by atomic mass is 32.1. The second-order valence-corrected chi connectivity index (χ2v) is 7.48. The Hall–Kier alpha value is -3.19. The lowest BCUT2D eigenvalue weighted by Gasteiger charge is -2.14. The fourth-order valence-electron chi connectivity index (χ4n) is 2.70. The average molecular weight is 410 g/mol. The van der Waals surface area contributed by atoms with E-state index >= 15 is 0 Å². The number of methoxy groups -OCH3 is 1. The van der Waals surface area contributed by atoms with Gasteiger partial charge in [0.1, 0.15) is 10.8 Å². The van der Waals surface area contributed by atoms with Gasteiger partial charge in [-0.3, -0.25) is 4.79 Å². The first-order valence-corrected chi connectivity index (χ1v) is 9.94. The molecule has 1 heterocycles. The molecule has 1 aromatic heterocycles. The van der Waals surface area contributed by atoms with Crippen LogP contribution in [0.1, 0.15) is 28.5 Å². The molecule has 0 aliphatic rings. The van der Waals surface area contributed by atoms with Crippen molar-refractivity contribution in [1.82, 2.24) is 4.98 Å². The molecule has 0 aliphatic carbocycles. The topological polar surface area (TPSA) is 77.5 Å². The number of rotatable bonds is 6. The van der Waals surface area contributed by atoms with Crippen LogP contribution in [0.15, 0.2) is 47.8 Å². The molecular weight excluding hydrogens is 388 g/mol. The summed E-state index contributed by atoms with van der Waals surface area (Å²) in [6, 6.07) is 13.1. The minimum Gasteiger partial charge on any atom is -0.497 e. The highest BCUT2D eigenvalue weighted by molar-refractivity contribution is 7.13. The summed E-state index contributed by atoms with van der Waals surface area (Å²) in [6.07, 6.45) is -0.950. The van der Waals surface area contributed by atoms with E-state index in [9.17, 15) is 9.59 Å². The highest BCUT2D eigenvalue weighted by Gasteiger charge is 2.21. The van der Waals surface area contributed by atoms with Gasteiger partial charge in [0.05, 0.1) is 7.11 Å². The highest BCUT2D eigenvalue weighted by Crippen LogP contribution is 2.26. The predicted octanol–water partition coefficient (Wildman–Crippen LogP) is 4.62. The van der Waals surface area contributed by atoms with Gasteiger partial charge in [-0.1, -0.05) is 17.7 Å². The molecule has 1 amide bonds. The maximum atomic E-state index is 12.4. The lowest BCUT2D eigenvalue weighted by atomic mass is 10.1. The first-order chi connectivity index (χ1) is 13.9. The number of thiazole rings is 1. The van der Waals surface area contributed by atoms with Gasteiger partial charge in [0.2, 0.25) is 0 Å². The van der Waals surface area contributed by atoms with Gasteiger partial charge in [-0.15, -0.1) is 11.3 Å². The number of hydrogen-bond donors (Lipinski definition) is 1. The van der Waals surface area contributed by atoms with Gasteiger partial charge in [0.15, 0.2) is 11.8 Å². The molecule has 1 unspecified atom stereocenters. The van der Waals surface area contributed by atoms with Crippen LogP contribution in [0.3, 0.4) is 0 Å². The number of hydrogen-bond acceptors (Lipinski definition) is 6. The summed E-state index contributed by atoms with van der Waals surface area (Å²) < 4.78 is 10.4. The fourth-order valence-corrected chi connectivity index (χ4v) is 3.49. The third kappa shape index (κ3) is 5.00. The molecule has 3 rings (SSSR count). The SMILES string of the molecule is COc1ccc(-c2nc(C(=O)OC(C)C(=O)Nc3ccc(C)cc3C)cs2)cc1. The molecular formula is C22H22N2O4S. The van der Waals surface area contributed by atoms with E-state index in [4.69, 9.17) is 9.47 Å². The predicted molar refractivity (Wildman–Crippen MR) is 114 cm³/mol. The summed E-state index contributed by atoms with van der Waals surface area (Å²) in [5, 5.41) is 5.10. The van der Waals surface area contributed by atoms with Crippen molar-refractivity contribution in [3.05, 3.63) is 64.7 Å². The molecule has 29 heavy (non-hydrogen) atoms. The number of carbonyl (C=O) groups excluding carboxylic acids is 2. The number of aromatic nitrogens is 1. The van der Waals surface area contributed by atoms with Crippen LogP contribution in [-0.4, -0.2) is 30.1 Å². The van der Waals surface area contributed by atoms with Crippen LogP contribution in [0.25, 0.3) is 10.6 Å². The minimum absolute atomic E-state index is 0.173. The number of ether oxygens (including phenoxy) is 2. The molecule has 0 fully saturated rings. The summed E-state index contributed by atoms with van der Waals surface area (Å²) in [4.78, 5) is 29.1. The van der Waals surface area contributed by atoms with Crippen LogP contribution in [-0.2, 0) is 9.53 Å². The summed E-state index contributed by atoms with van der Waals surface area (Å²) >= 11 is 1.33. The molecule has 3 aromatic rings. The molecule has 0 bridgehead atoms. The number of nitrogens with zero attached hydrogens (tertiary/aromatic N) is 1. The normalized spacial score (nSPS) is 11.6. The van der Waals surface area contributed by atoms with Crippen molar-refractivity contribution in [3.8, 4) is 16.3 Å². The molecule has 0 aliphatic heterocycles. The van der Waals surface area contributed by atoms with E-state index in [-0.39, 0.29) is 5.69 Å². The Balaban J connectivity index is 1.63. The molecule has 0 saturated heterocycles.